The molecule has 1 spiro atoms. The molecule has 5 amide bonds. The van der Waals surface area contributed by atoms with E-state index in [0.717, 1.165) is 29.5 Å². The predicted molar refractivity (Wildman–Crippen MR) is 108 cm³/mol. The SMILES string of the molecule is CN1C(=O)N(CC(=O)NNC(=O)c2ccc3ccccc3n2)C(=O)C12CCCCC2. The van der Waals surface area contributed by atoms with Crippen molar-refractivity contribution in [3.05, 3.63) is 42.1 Å². The van der Waals surface area contributed by atoms with Gasteiger partial charge in [-0.15, -0.1) is 0 Å². The molecule has 0 atom stereocenters. The average molecular weight is 409 g/mol. The first-order chi connectivity index (χ1) is 14.4. The van der Waals surface area contributed by atoms with E-state index in [2.05, 4.69) is 15.8 Å². The number of para-hydroxylation sites is 1. The number of likely N-dealkylation sites (N-methyl/N-ethyl adjacent to an activating group) is 1. The average Bonchev–Trinajstić information content (AvgIpc) is 2.94. The lowest BCUT2D eigenvalue weighted by atomic mass is 9.81. The van der Waals surface area contributed by atoms with Crippen LogP contribution >= 0.6 is 0 Å². The highest BCUT2D eigenvalue weighted by molar-refractivity contribution is 6.09. The Hall–Kier alpha value is -3.49. The molecule has 2 heterocycles. The Morgan fingerprint density at radius 3 is 2.53 bits per heavy atom. The molecule has 1 aromatic carbocycles. The van der Waals surface area contributed by atoms with Gasteiger partial charge in [0.1, 0.15) is 17.8 Å². The number of hydrazine groups is 1. The Morgan fingerprint density at radius 2 is 1.77 bits per heavy atom. The Morgan fingerprint density at radius 1 is 1.03 bits per heavy atom. The fourth-order valence-electron chi connectivity index (χ4n) is 4.24. The van der Waals surface area contributed by atoms with Crippen LogP contribution in [0.25, 0.3) is 10.9 Å². The lowest BCUT2D eigenvalue weighted by Gasteiger charge is -2.35. The van der Waals surface area contributed by atoms with Gasteiger partial charge in [0.2, 0.25) is 0 Å². The highest BCUT2D eigenvalue weighted by Crippen LogP contribution is 2.39. The summed E-state index contributed by atoms with van der Waals surface area (Å²) in [5.74, 6) is -1.59. The van der Waals surface area contributed by atoms with Gasteiger partial charge in [-0.3, -0.25) is 30.1 Å². The van der Waals surface area contributed by atoms with Crippen LogP contribution in [-0.4, -0.2) is 57.7 Å². The van der Waals surface area contributed by atoms with Crippen molar-refractivity contribution in [1.29, 1.82) is 0 Å². The molecule has 30 heavy (non-hydrogen) atoms. The van der Waals surface area contributed by atoms with Gasteiger partial charge in [0.15, 0.2) is 0 Å². The van der Waals surface area contributed by atoms with E-state index in [9.17, 15) is 19.2 Å². The predicted octanol–water partition coefficient (Wildman–Crippen LogP) is 1.59. The van der Waals surface area contributed by atoms with Gasteiger partial charge in [0.25, 0.3) is 17.7 Å². The summed E-state index contributed by atoms with van der Waals surface area (Å²) in [4.78, 5) is 56.8. The van der Waals surface area contributed by atoms with Crippen molar-refractivity contribution in [2.24, 2.45) is 0 Å². The molecule has 1 saturated carbocycles. The highest BCUT2D eigenvalue weighted by atomic mass is 16.2. The largest absolute Gasteiger partial charge is 0.327 e. The summed E-state index contributed by atoms with van der Waals surface area (Å²) in [6.07, 6.45) is 4.00. The lowest BCUT2D eigenvalue weighted by Crippen LogP contribution is -2.50. The van der Waals surface area contributed by atoms with Crippen LogP contribution in [0, 0.1) is 0 Å². The maximum absolute atomic E-state index is 12.9. The van der Waals surface area contributed by atoms with E-state index >= 15 is 0 Å². The third kappa shape index (κ3) is 3.36. The number of nitrogens with zero attached hydrogens (tertiary/aromatic N) is 3. The summed E-state index contributed by atoms with van der Waals surface area (Å²) in [7, 11) is 1.61. The topological polar surface area (TPSA) is 112 Å². The van der Waals surface area contributed by atoms with Gasteiger partial charge in [-0.05, 0) is 25.0 Å². The van der Waals surface area contributed by atoms with Crippen molar-refractivity contribution in [1.82, 2.24) is 25.6 Å². The van der Waals surface area contributed by atoms with Crippen molar-refractivity contribution < 1.29 is 19.2 Å². The van der Waals surface area contributed by atoms with E-state index in [0.29, 0.717) is 18.4 Å². The Bertz CT molecular complexity index is 1030. The smallest absolute Gasteiger partial charge is 0.313 e. The molecule has 0 radical (unpaired) electrons. The summed E-state index contributed by atoms with van der Waals surface area (Å²) in [5, 5.41) is 0.893. The summed E-state index contributed by atoms with van der Waals surface area (Å²) in [6, 6.07) is 10.2. The van der Waals surface area contributed by atoms with E-state index in [1.54, 1.807) is 25.2 Å². The number of imide groups is 1. The molecule has 0 unspecified atom stereocenters. The van der Waals surface area contributed by atoms with Gasteiger partial charge in [-0.2, -0.15) is 0 Å². The molecular weight excluding hydrogens is 386 g/mol. The monoisotopic (exact) mass is 409 g/mol. The van der Waals surface area contributed by atoms with Crippen molar-refractivity contribution in [3.63, 3.8) is 0 Å². The van der Waals surface area contributed by atoms with E-state index in [-0.39, 0.29) is 11.6 Å². The molecule has 4 rings (SSSR count). The summed E-state index contributed by atoms with van der Waals surface area (Å²) >= 11 is 0. The van der Waals surface area contributed by atoms with Crippen LogP contribution in [0.15, 0.2) is 36.4 Å². The van der Waals surface area contributed by atoms with E-state index in [1.165, 1.54) is 4.90 Å². The minimum atomic E-state index is -0.839. The molecule has 2 aromatic rings. The summed E-state index contributed by atoms with van der Waals surface area (Å²) in [6.45, 7) is -0.449. The number of carbonyl (C=O) groups is 4. The van der Waals surface area contributed by atoms with Gasteiger partial charge in [0, 0.05) is 12.4 Å². The van der Waals surface area contributed by atoms with Crippen LogP contribution in [0.3, 0.4) is 0 Å². The van der Waals surface area contributed by atoms with Crippen molar-refractivity contribution in [2.45, 2.75) is 37.6 Å². The van der Waals surface area contributed by atoms with Gasteiger partial charge in [0.05, 0.1) is 5.52 Å². The van der Waals surface area contributed by atoms with Crippen molar-refractivity contribution >= 4 is 34.7 Å². The maximum Gasteiger partial charge on any atom is 0.327 e. The standard InChI is InChI=1S/C21H23N5O4/c1-25-20(30)26(19(29)21(25)11-5-2-6-12-21)13-17(27)23-24-18(28)16-10-9-14-7-3-4-8-15(14)22-16/h3-4,7-10H,2,5-6,11-13H2,1H3,(H,23,27)(H,24,28). The number of nitrogens with one attached hydrogen (secondary N) is 2. The zero-order valence-electron chi connectivity index (χ0n) is 16.7. The van der Waals surface area contributed by atoms with Crippen LogP contribution in [0.2, 0.25) is 0 Å². The zero-order chi connectivity index (χ0) is 21.3. The number of urea groups is 1. The number of fused-ring (bicyclic) bond motifs is 1. The second-order valence-corrected chi connectivity index (χ2v) is 7.72. The van der Waals surface area contributed by atoms with E-state index < -0.39 is 29.9 Å². The van der Waals surface area contributed by atoms with Gasteiger partial charge >= 0.3 is 6.03 Å². The molecule has 0 bridgehead atoms. The lowest BCUT2D eigenvalue weighted by molar-refractivity contribution is -0.137. The Balaban J connectivity index is 1.37. The van der Waals surface area contributed by atoms with E-state index in [1.807, 2.05) is 18.2 Å². The highest BCUT2D eigenvalue weighted by Gasteiger charge is 2.55. The van der Waals surface area contributed by atoms with Crippen LogP contribution in [-0.2, 0) is 9.59 Å². The third-order valence-corrected chi connectivity index (χ3v) is 5.93. The number of carbonyl (C=O) groups excluding carboxylic acids is 4. The van der Waals surface area contributed by atoms with Crippen LogP contribution < -0.4 is 10.9 Å². The molecule has 1 aromatic heterocycles. The van der Waals surface area contributed by atoms with Crippen molar-refractivity contribution in [3.8, 4) is 0 Å². The van der Waals surface area contributed by atoms with Gasteiger partial charge in [-0.1, -0.05) is 43.5 Å². The minimum Gasteiger partial charge on any atom is -0.313 e. The molecule has 1 aliphatic carbocycles. The molecule has 2 aliphatic rings. The molecule has 1 saturated heterocycles. The quantitative estimate of drug-likeness (QED) is 0.591. The zero-order valence-corrected chi connectivity index (χ0v) is 16.7. The molecule has 156 valence electrons. The summed E-state index contributed by atoms with van der Waals surface area (Å²) < 4.78 is 0. The van der Waals surface area contributed by atoms with Crippen LogP contribution in [0.5, 0.6) is 0 Å². The number of amides is 5. The fourth-order valence-corrected chi connectivity index (χ4v) is 4.24. The van der Waals surface area contributed by atoms with Gasteiger partial charge < -0.3 is 4.90 Å². The fraction of sp³-hybridized carbons (Fsp3) is 0.381. The van der Waals surface area contributed by atoms with E-state index in [4.69, 9.17) is 0 Å². The molecule has 2 fully saturated rings. The molecular formula is C21H23N5O4. The second kappa shape index (κ2) is 7.74. The van der Waals surface area contributed by atoms with Crippen LogP contribution in [0.1, 0.15) is 42.6 Å². The molecule has 9 nitrogen and oxygen atoms in total. The first-order valence-electron chi connectivity index (χ1n) is 9.97. The molecule has 2 N–H and O–H groups in total. The number of hydrogen-bond acceptors (Lipinski definition) is 5. The normalized spacial score (nSPS) is 18.2. The second-order valence-electron chi connectivity index (χ2n) is 7.72. The van der Waals surface area contributed by atoms with Crippen molar-refractivity contribution in [2.75, 3.05) is 13.6 Å². The maximum atomic E-state index is 12.9. The number of rotatable bonds is 3. The number of benzene rings is 1. The summed E-state index contributed by atoms with van der Waals surface area (Å²) in [5.41, 5.74) is 4.51. The number of hydrogen-bond donors (Lipinski definition) is 2. The first-order valence-corrected chi connectivity index (χ1v) is 9.97. The Labute approximate surface area is 173 Å². The molecule has 9 heteroatoms. The number of aromatic nitrogens is 1. The minimum absolute atomic E-state index is 0.142. The van der Waals surface area contributed by atoms with Crippen LogP contribution in [0.4, 0.5) is 4.79 Å². The molecule has 1 aliphatic heterocycles. The third-order valence-electron chi connectivity index (χ3n) is 5.93. The van der Waals surface area contributed by atoms with Gasteiger partial charge in [-0.25, -0.2) is 9.78 Å². The number of pyridine rings is 1. The Kier molecular flexibility index (Phi) is 5.11. The first kappa shape index (κ1) is 19.8.